The van der Waals surface area contributed by atoms with Gasteiger partial charge in [-0.2, -0.15) is 0 Å². The van der Waals surface area contributed by atoms with Crippen LogP contribution in [0.4, 0.5) is 0 Å². The summed E-state index contributed by atoms with van der Waals surface area (Å²) in [4.78, 5) is 4.07. The Kier molecular flexibility index (Phi) is 2.35. The van der Waals surface area contributed by atoms with E-state index in [2.05, 4.69) is 18.8 Å². The molecule has 4 nitrogen and oxygen atoms in total. The van der Waals surface area contributed by atoms with Gasteiger partial charge in [0.2, 0.25) is 0 Å². The molecule has 88 valence electrons. The summed E-state index contributed by atoms with van der Waals surface area (Å²) in [6.07, 6.45) is 4.29. The van der Waals surface area contributed by atoms with Crippen LogP contribution in [0.2, 0.25) is 0 Å². The normalized spacial score (nSPS) is 26.3. The van der Waals surface area contributed by atoms with Crippen molar-refractivity contribution in [3.8, 4) is 11.5 Å². The van der Waals surface area contributed by atoms with Crippen LogP contribution in [-0.2, 0) is 5.54 Å². The third kappa shape index (κ3) is 1.37. The Bertz CT molecular complexity index is 395. The summed E-state index contributed by atoms with van der Waals surface area (Å²) in [5.41, 5.74) is 7.05. The fourth-order valence-corrected chi connectivity index (χ4v) is 2.25. The Morgan fingerprint density at radius 3 is 1.94 bits per heavy atom. The lowest BCUT2D eigenvalue weighted by Gasteiger charge is -2.20. The van der Waals surface area contributed by atoms with Crippen LogP contribution in [0.5, 0.6) is 11.5 Å². The summed E-state index contributed by atoms with van der Waals surface area (Å²) in [7, 11) is 3.25. The van der Waals surface area contributed by atoms with E-state index in [1.165, 1.54) is 0 Å². The topological polar surface area (TPSA) is 57.4 Å². The van der Waals surface area contributed by atoms with Crippen LogP contribution in [-0.4, -0.2) is 19.2 Å². The summed E-state index contributed by atoms with van der Waals surface area (Å²) in [6, 6.07) is 0. The molecule has 0 aromatic carbocycles. The Hall–Kier alpha value is -1.29. The molecule has 0 amide bonds. The molecule has 1 heterocycles. The molecule has 1 saturated carbocycles. The number of aromatic nitrogens is 1. The highest BCUT2D eigenvalue weighted by Gasteiger charge is 2.61. The Morgan fingerprint density at radius 2 is 1.62 bits per heavy atom. The maximum atomic E-state index is 6.41. The number of pyridine rings is 1. The Balaban J connectivity index is 2.55. The molecular weight excluding hydrogens is 204 g/mol. The van der Waals surface area contributed by atoms with Crippen molar-refractivity contribution >= 4 is 0 Å². The molecule has 1 aromatic heterocycles. The van der Waals surface area contributed by atoms with Crippen LogP contribution in [0.1, 0.15) is 25.8 Å². The van der Waals surface area contributed by atoms with E-state index in [-0.39, 0.29) is 11.0 Å². The van der Waals surface area contributed by atoms with E-state index in [0.717, 1.165) is 12.0 Å². The quantitative estimate of drug-likeness (QED) is 0.845. The third-order valence-electron chi connectivity index (χ3n) is 3.57. The van der Waals surface area contributed by atoms with Crippen molar-refractivity contribution in [1.29, 1.82) is 0 Å². The van der Waals surface area contributed by atoms with E-state index in [0.29, 0.717) is 11.5 Å². The Morgan fingerprint density at radius 1 is 1.19 bits per heavy atom. The van der Waals surface area contributed by atoms with Crippen molar-refractivity contribution < 1.29 is 9.47 Å². The molecule has 0 radical (unpaired) electrons. The fourth-order valence-electron chi connectivity index (χ4n) is 2.25. The predicted molar refractivity (Wildman–Crippen MR) is 61.6 cm³/mol. The molecule has 0 saturated heterocycles. The third-order valence-corrected chi connectivity index (χ3v) is 3.57. The molecule has 1 unspecified atom stereocenters. The van der Waals surface area contributed by atoms with E-state index < -0.39 is 0 Å². The van der Waals surface area contributed by atoms with Gasteiger partial charge in [-0.15, -0.1) is 0 Å². The molecule has 0 aliphatic heterocycles. The van der Waals surface area contributed by atoms with Crippen molar-refractivity contribution in [1.82, 2.24) is 4.98 Å². The lowest BCUT2D eigenvalue weighted by molar-refractivity contribution is 0.363. The molecule has 4 heteroatoms. The van der Waals surface area contributed by atoms with Crippen molar-refractivity contribution in [2.75, 3.05) is 14.2 Å². The zero-order valence-electron chi connectivity index (χ0n) is 10.2. The highest BCUT2D eigenvalue weighted by atomic mass is 16.5. The van der Waals surface area contributed by atoms with Crippen LogP contribution in [0.3, 0.4) is 0 Å². The molecule has 16 heavy (non-hydrogen) atoms. The lowest BCUT2D eigenvalue weighted by Crippen LogP contribution is -2.27. The van der Waals surface area contributed by atoms with Gasteiger partial charge in [0, 0.05) is 0 Å². The fraction of sp³-hybridized carbons (Fsp3) is 0.583. The molecule has 1 atom stereocenters. The summed E-state index contributed by atoms with van der Waals surface area (Å²) in [5.74, 6) is 1.40. The van der Waals surface area contributed by atoms with Crippen molar-refractivity contribution in [3.63, 3.8) is 0 Å². The zero-order chi connectivity index (χ0) is 12.0. The second kappa shape index (κ2) is 3.35. The van der Waals surface area contributed by atoms with E-state index in [1.54, 1.807) is 26.6 Å². The van der Waals surface area contributed by atoms with Crippen LogP contribution < -0.4 is 15.2 Å². The van der Waals surface area contributed by atoms with Gasteiger partial charge in [-0.25, -0.2) is 0 Å². The molecule has 1 aliphatic carbocycles. The monoisotopic (exact) mass is 222 g/mol. The maximum absolute atomic E-state index is 6.41. The SMILES string of the molecule is COc1cncc(OC)c1C1(N)CC1(C)C. The zero-order valence-corrected chi connectivity index (χ0v) is 10.2. The van der Waals surface area contributed by atoms with Gasteiger partial charge in [0.25, 0.3) is 0 Å². The van der Waals surface area contributed by atoms with Crippen molar-refractivity contribution in [2.24, 2.45) is 11.1 Å². The minimum Gasteiger partial charge on any atom is -0.495 e. The van der Waals surface area contributed by atoms with E-state index in [1.807, 2.05) is 0 Å². The first-order valence-corrected chi connectivity index (χ1v) is 5.31. The van der Waals surface area contributed by atoms with Crippen LogP contribution >= 0.6 is 0 Å². The number of nitrogens with zero attached hydrogens (tertiary/aromatic N) is 1. The van der Waals surface area contributed by atoms with Gasteiger partial charge in [0.05, 0.1) is 37.7 Å². The first-order chi connectivity index (χ1) is 7.46. The summed E-state index contributed by atoms with van der Waals surface area (Å²) < 4.78 is 10.7. The number of hydrogen-bond acceptors (Lipinski definition) is 4. The number of nitrogens with two attached hydrogens (primary N) is 1. The average molecular weight is 222 g/mol. The number of methoxy groups -OCH3 is 2. The van der Waals surface area contributed by atoms with E-state index >= 15 is 0 Å². The second-order valence-electron chi connectivity index (χ2n) is 4.95. The molecular formula is C12H18N2O2. The molecule has 1 fully saturated rings. The standard InChI is InChI=1S/C12H18N2O2/c1-11(2)7-12(11,13)10-8(15-3)5-14-6-9(10)16-4/h5-6H,7,13H2,1-4H3. The second-order valence-corrected chi connectivity index (χ2v) is 4.95. The molecule has 2 rings (SSSR count). The summed E-state index contributed by atoms with van der Waals surface area (Å²) in [5, 5.41) is 0. The van der Waals surface area contributed by atoms with Gasteiger partial charge in [0.1, 0.15) is 11.5 Å². The van der Waals surface area contributed by atoms with Crippen molar-refractivity contribution in [2.45, 2.75) is 25.8 Å². The smallest absolute Gasteiger partial charge is 0.145 e. The minimum absolute atomic E-state index is 0.0783. The molecule has 0 bridgehead atoms. The van der Waals surface area contributed by atoms with Crippen LogP contribution in [0.15, 0.2) is 12.4 Å². The Labute approximate surface area is 95.8 Å². The lowest BCUT2D eigenvalue weighted by atomic mass is 9.96. The molecule has 0 spiro atoms. The van der Waals surface area contributed by atoms with Gasteiger partial charge < -0.3 is 15.2 Å². The number of rotatable bonds is 3. The van der Waals surface area contributed by atoms with Gasteiger partial charge in [-0.05, 0) is 11.8 Å². The summed E-state index contributed by atoms with van der Waals surface area (Å²) in [6.45, 7) is 4.29. The van der Waals surface area contributed by atoms with E-state index in [9.17, 15) is 0 Å². The summed E-state index contributed by atoms with van der Waals surface area (Å²) >= 11 is 0. The number of ether oxygens (including phenoxy) is 2. The van der Waals surface area contributed by atoms with Gasteiger partial charge in [0.15, 0.2) is 0 Å². The van der Waals surface area contributed by atoms with E-state index in [4.69, 9.17) is 15.2 Å². The number of hydrogen-bond donors (Lipinski definition) is 1. The maximum Gasteiger partial charge on any atom is 0.145 e. The predicted octanol–water partition coefficient (Wildman–Crippen LogP) is 1.68. The van der Waals surface area contributed by atoms with Gasteiger partial charge >= 0.3 is 0 Å². The molecule has 1 aromatic rings. The minimum atomic E-state index is -0.368. The van der Waals surface area contributed by atoms with Crippen LogP contribution in [0, 0.1) is 5.41 Å². The highest BCUT2D eigenvalue weighted by molar-refractivity contribution is 5.52. The largest absolute Gasteiger partial charge is 0.495 e. The van der Waals surface area contributed by atoms with Gasteiger partial charge in [-0.3, -0.25) is 4.98 Å². The average Bonchev–Trinajstić information content (AvgIpc) is 2.77. The molecule has 1 aliphatic rings. The van der Waals surface area contributed by atoms with Gasteiger partial charge in [-0.1, -0.05) is 13.8 Å². The first-order valence-electron chi connectivity index (χ1n) is 5.31. The first kappa shape index (κ1) is 11.2. The van der Waals surface area contributed by atoms with Crippen LogP contribution in [0.25, 0.3) is 0 Å². The van der Waals surface area contributed by atoms with Crippen molar-refractivity contribution in [3.05, 3.63) is 18.0 Å². The molecule has 2 N–H and O–H groups in total. The highest BCUT2D eigenvalue weighted by Crippen LogP contribution is 2.63.